The number of nitrogens with zero attached hydrogens (tertiary/aromatic N) is 2. The number of rotatable bonds is 8. The van der Waals surface area contributed by atoms with Crippen LogP contribution in [-0.4, -0.2) is 49.6 Å². The van der Waals surface area contributed by atoms with Gasteiger partial charge in [0, 0.05) is 24.7 Å². The van der Waals surface area contributed by atoms with E-state index in [1.165, 1.54) is 12.1 Å². The predicted molar refractivity (Wildman–Crippen MR) is 108 cm³/mol. The first kappa shape index (κ1) is 20.1. The summed E-state index contributed by atoms with van der Waals surface area (Å²) in [5.41, 5.74) is 1.96. The van der Waals surface area contributed by atoms with E-state index in [9.17, 15) is 9.18 Å². The van der Waals surface area contributed by atoms with Gasteiger partial charge in [0.05, 0.1) is 13.2 Å². The van der Waals surface area contributed by atoms with Gasteiger partial charge in [-0.25, -0.2) is 9.18 Å². The molecule has 0 saturated heterocycles. The van der Waals surface area contributed by atoms with E-state index in [1.807, 2.05) is 43.3 Å². The van der Waals surface area contributed by atoms with E-state index >= 15 is 0 Å². The number of carbonyl (C=O) groups excluding carboxylic acids is 1. The Hall–Kier alpha value is -2.60. The third kappa shape index (κ3) is 5.01. The fraction of sp³-hybridized carbons (Fsp3) is 0.409. The minimum absolute atomic E-state index is 0.00743. The van der Waals surface area contributed by atoms with Gasteiger partial charge in [0.1, 0.15) is 11.6 Å². The highest BCUT2D eigenvalue weighted by Crippen LogP contribution is 2.30. The summed E-state index contributed by atoms with van der Waals surface area (Å²) in [7, 11) is 5.63. The topological polar surface area (TPSA) is 44.8 Å². The number of carbonyl (C=O) groups is 1. The third-order valence-electron chi connectivity index (χ3n) is 5.08. The lowest BCUT2D eigenvalue weighted by Crippen LogP contribution is -2.44. The van der Waals surface area contributed by atoms with Crippen LogP contribution >= 0.6 is 0 Å². The maximum absolute atomic E-state index is 13.2. The molecule has 2 aromatic carbocycles. The molecule has 0 aromatic heterocycles. The Balaban J connectivity index is 1.67. The zero-order chi connectivity index (χ0) is 20.1. The van der Waals surface area contributed by atoms with E-state index in [4.69, 9.17) is 4.74 Å². The van der Waals surface area contributed by atoms with Gasteiger partial charge in [-0.3, -0.25) is 0 Å². The molecule has 0 spiro atoms. The second-order valence-electron chi connectivity index (χ2n) is 7.39. The van der Waals surface area contributed by atoms with Crippen LogP contribution in [0.4, 0.5) is 9.18 Å². The maximum Gasteiger partial charge on any atom is 0.318 e. The Morgan fingerprint density at radius 3 is 2.46 bits per heavy atom. The van der Waals surface area contributed by atoms with Gasteiger partial charge >= 0.3 is 6.03 Å². The average molecular weight is 385 g/mol. The summed E-state index contributed by atoms with van der Waals surface area (Å²) in [5, 5.41) is 3.08. The highest BCUT2D eigenvalue weighted by Gasteiger charge is 2.33. The van der Waals surface area contributed by atoms with Crippen LogP contribution in [0.25, 0.3) is 0 Å². The molecule has 0 bridgehead atoms. The summed E-state index contributed by atoms with van der Waals surface area (Å²) in [4.78, 5) is 16.8. The number of para-hydroxylation sites is 1. The smallest absolute Gasteiger partial charge is 0.318 e. The van der Waals surface area contributed by atoms with Gasteiger partial charge in [-0.05, 0) is 50.7 Å². The summed E-state index contributed by atoms with van der Waals surface area (Å²) < 4.78 is 18.6. The van der Waals surface area contributed by atoms with Crippen molar-refractivity contribution in [1.29, 1.82) is 0 Å². The van der Waals surface area contributed by atoms with E-state index in [0.717, 1.165) is 29.7 Å². The van der Waals surface area contributed by atoms with Crippen molar-refractivity contribution in [2.75, 3.05) is 27.7 Å². The Labute approximate surface area is 166 Å². The number of hydrogen-bond donors (Lipinski definition) is 1. The molecule has 2 aromatic rings. The molecule has 2 amide bonds. The Morgan fingerprint density at radius 2 is 1.86 bits per heavy atom. The van der Waals surface area contributed by atoms with Crippen LogP contribution in [0, 0.1) is 5.82 Å². The normalized spacial score (nSPS) is 14.6. The van der Waals surface area contributed by atoms with E-state index in [2.05, 4.69) is 10.2 Å². The minimum Gasteiger partial charge on any atom is -0.496 e. The van der Waals surface area contributed by atoms with Gasteiger partial charge in [-0.15, -0.1) is 0 Å². The molecule has 5 nitrogen and oxygen atoms in total. The number of nitrogens with one attached hydrogen (secondary N) is 1. The standard InChI is InChI=1S/C22H28FN3O2/c1-25(2)20(19-6-4-5-7-21(19)28-3)14-24-22(27)26(18-12-13-18)15-16-8-10-17(23)11-9-16/h4-11,18,20H,12-15H2,1-3H3,(H,24,27). The van der Waals surface area contributed by atoms with Crippen molar-refractivity contribution in [1.82, 2.24) is 15.1 Å². The number of likely N-dealkylation sites (N-methyl/N-ethyl adjacent to an activating group) is 1. The summed E-state index contributed by atoms with van der Waals surface area (Å²) >= 11 is 0. The lowest BCUT2D eigenvalue weighted by molar-refractivity contribution is 0.186. The first-order valence-corrected chi connectivity index (χ1v) is 9.58. The van der Waals surface area contributed by atoms with Crippen LogP contribution < -0.4 is 10.1 Å². The number of benzene rings is 2. The average Bonchev–Trinajstić information content (AvgIpc) is 3.52. The van der Waals surface area contributed by atoms with Crippen LogP contribution in [0.2, 0.25) is 0 Å². The van der Waals surface area contributed by atoms with Gasteiger partial charge in [0.15, 0.2) is 0 Å². The van der Waals surface area contributed by atoms with Crippen molar-refractivity contribution in [2.24, 2.45) is 0 Å². The monoisotopic (exact) mass is 385 g/mol. The van der Waals surface area contributed by atoms with Crippen LogP contribution in [-0.2, 0) is 6.54 Å². The zero-order valence-corrected chi connectivity index (χ0v) is 16.7. The molecular weight excluding hydrogens is 357 g/mol. The molecule has 0 aliphatic heterocycles. The maximum atomic E-state index is 13.2. The fourth-order valence-corrected chi connectivity index (χ4v) is 3.34. The van der Waals surface area contributed by atoms with Crippen molar-refractivity contribution in [3.8, 4) is 5.75 Å². The second kappa shape index (κ2) is 9.06. The Bertz CT molecular complexity index is 791. The van der Waals surface area contributed by atoms with Crippen molar-refractivity contribution >= 4 is 6.03 Å². The Kier molecular flexibility index (Phi) is 6.52. The molecule has 1 aliphatic rings. The molecule has 3 rings (SSSR count). The lowest BCUT2D eigenvalue weighted by Gasteiger charge is -2.29. The molecule has 6 heteroatoms. The molecular formula is C22H28FN3O2. The van der Waals surface area contributed by atoms with Crippen molar-refractivity contribution in [3.63, 3.8) is 0 Å². The number of amides is 2. The van der Waals surface area contributed by atoms with Crippen LogP contribution in [0.1, 0.15) is 30.0 Å². The fourth-order valence-electron chi connectivity index (χ4n) is 3.34. The van der Waals surface area contributed by atoms with Gasteiger partial charge in [0.2, 0.25) is 0 Å². The number of methoxy groups -OCH3 is 1. The molecule has 1 N–H and O–H groups in total. The number of ether oxygens (including phenoxy) is 1. The second-order valence-corrected chi connectivity index (χ2v) is 7.39. The molecule has 0 radical (unpaired) electrons. The molecule has 28 heavy (non-hydrogen) atoms. The highest BCUT2D eigenvalue weighted by atomic mass is 19.1. The molecule has 1 aliphatic carbocycles. The van der Waals surface area contributed by atoms with E-state index in [0.29, 0.717) is 13.1 Å². The van der Waals surface area contributed by atoms with Crippen LogP contribution in [0.3, 0.4) is 0 Å². The van der Waals surface area contributed by atoms with E-state index in [-0.39, 0.29) is 23.9 Å². The van der Waals surface area contributed by atoms with E-state index < -0.39 is 0 Å². The van der Waals surface area contributed by atoms with Gasteiger partial charge in [-0.2, -0.15) is 0 Å². The van der Waals surface area contributed by atoms with Crippen LogP contribution in [0.15, 0.2) is 48.5 Å². The summed E-state index contributed by atoms with van der Waals surface area (Å²) in [6.45, 7) is 0.955. The van der Waals surface area contributed by atoms with Crippen molar-refractivity contribution < 1.29 is 13.9 Å². The first-order chi connectivity index (χ1) is 13.5. The molecule has 0 heterocycles. The molecule has 1 atom stereocenters. The molecule has 150 valence electrons. The lowest BCUT2D eigenvalue weighted by atomic mass is 10.0. The molecule has 1 unspecified atom stereocenters. The molecule has 1 saturated carbocycles. The Morgan fingerprint density at radius 1 is 1.18 bits per heavy atom. The van der Waals surface area contributed by atoms with Crippen LogP contribution in [0.5, 0.6) is 5.75 Å². The van der Waals surface area contributed by atoms with Gasteiger partial charge in [-0.1, -0.05) is 30.3 Å². The summed E-state index contributed by atoms with van der Waals surface area (Å²) in [6.07, 6.45) is 2.02. The largest absolute Gasteiger partial charge is 0.496 e. The third-order valence-corrected chi connectivity index (χ3v) is 5.08. The minimum atomic E-state index is -0.267. The van der Waals surface area contributed by atoms with Gasteiger partial charge in [0.25, 0.3) is 0 Å². The summed E-state index contributed by atoms with van der Waals surface area (Å²) in [6, 6.07) is 14.3. The zero-order valence-electron chi connectivity index (χ0n) is 16.7. The summed E-state index contributed by atoms with van der Waals surface area (Å²) in [5.74, 6) is 0.539. The number of halogens is 1. The van der Waals surface area contributed by atoms with Crippen molar-refractivity contribution in [2.45, 2.75) is 31.5 Å². The number of hydrogen-bond acceptors (Lipinski definition) is 3. The highest BCUT2D eigenvalue weighted by molar-refractivity contribution is 5.75. The first-order valence-electron chi connectivity index (χ1n) is 9.58. The quantitative estimate of drug-likeness (QED) is 0.752. The van der Waals surface area contributed by atoms with Crippen molar-refractivity contribution in [3.05, 3.63) is 65.5 Å². The number of urea groups is 1. The SMILES string of the molecule is COc1ccccc1C(CNC(=O)N(Cc1ccc(F)cc1)C1CC1)N(C)C. The predicted octanol–water partition coefficient (Wildman–Crippen LogP) is 3.81. The van der Waals surface area contributed by atoms with Gasteiger partial charge < -0.3 is 19.9 Å². The van der Waals surface area contributed by atoms with E-state index in [1.54, 1.807) is 19.2 Å². The molecule has 1 fully saturated rings.